The Kier molecular flexibility index (Phi) is 5.18. The zero-order chi connectivity index (χ0) is 15.2. The van der Waals surface area contributed by atoms with Crippen LogP contribution in [0.2, 0.25) is 0 Å². The summed E-state index contributed by atoms with van der Waals surface area (Å²) in [7, 11) is 1.61. The molecule has 0 heterocycles. The van der Waals surface area contributed by atoms with Gasteiger partial charge in [-0.3, -0.25) is 4.79 Å². The third kappa shape index (κ3) is 3.73. The number of methoxy groups -OCH3 is 1. The maximum Gasteiger partial charge on any atom is 0.222 e. The molecule has 1 amide bonds. The Morgan fingerprint density at radius 1 is 1.48 bits per heavy atom. The van der Waals surface area contributed by atoms with Gasteiger partial charge in [-0.05, 0) is 31.0 Å². The highest BCUT2D eigenvalue weighted by molar-refractivity contribution is 5.77. The number of amides is 1. The summed E-state index contributed by atoms with van der Waals surface area (Å²) >= 11 is 0. The fourth-order valence-corrected chi connectivity index (χ4v) is 2.94. The van der Waals surface area contributed by atoms with E-state index >= 15 is 0 Å². The number of nitrogens with one attached hydrogen (secondary N) is 1. The van der Waals surface area contributed by atoms with Crippen molar-refractivity contribution >= 4 is 5.91 Å². The number of carbonyl (C=O) groups is 1. The smallest absolute Gasteiger partial charge is 0.222 e. The van der Waals surface area contributed by atoms with Gasteiger partial charge < -0.3 is 15.8 Å². The fraction of sp³-hybridized carbons (Fsp3) is 0.500. The second-order valence-electron chi connectivity index (χ2n) is 5.42. The van der Waals surface area contributed by atoms with Crippen LogP contribution in [-0.2, 0) is 11.3 Å². The van der Waals surface area contributed by atoms with Gasteiger partial charge in [0, 0.05) is 18.2 Å². The molecular formula is C16H21N3O2. The number of nitrogens with two attached hydrogens (primary N) is 1. The first kappa shape index (κ1) is 15.3. The topological polar surface area (TPSA) is 88.1 Å². The zero-order valence-electron chi connectivity index (χ0n) is 12.3. The van der Waals surface area contributed by atoms with Crippen molar-refractivity contribution in [3.63, 3.8) is 0 Å². The van der Waals surface area contributed by atoms with Crippen LogP contribution in [0.1, 0.15) is 36.8 Å². The van der Waals surface area contributed by atoms with Crippen LogP contribution in [0, 0.1) is 17.2 Å². The molecule has 1 saturated carbocycles. The Bertz CT molecular complexity index is 551. The number of nitriles is 1. The highest BCUT2D eigenvalue weighted by atomic mass is 16.5. The number of nitrogens with zero attached hydrogens (tertiary/aromatic N) is 1. The third-order valence-corrected chi connectivity index (χ3v) is 4.10. The first-order valence-corrected chi connectivity index (χ1v) is 7.25. The average molecular weight is 287 g/mol. The second kappa shape index (κ2) is 7.09. The first-order valence-electron chi connectivity index (χ1n) is 7.25. The lowest BCUT2D eigenvalue weighted by molar-refractivity contribution is -0.123. The molecule has 1 aromatic rings. The fourth-order valence-electron chi connectivity index (χ4n) is 2.94. The number of carbonyl (C=O) groups excluding carboxylic acids is 1. The Morgan fingerprint density at radius 2 is 2.24 bits per heavy atom. The normalized spacial score (nSPS) is 21.5. The van der Waals surface area contributed by atoms with Crippen molar-refractivity contribution in [2.24, 2.45) is 11.7 Å². The number of primary amides is 1. The molecule has 2 atom stereocenters. The Hall–Kier alpha value is -2.06. The minimum Gasteiger partial charge on any atom is -0.496 e. The summed E-state index contributed by atoms with van der Waals surface area (Å²) in [5.41, 5.74) is 7.00. The maximum absolute atomic E-state index is 11.5. The quantitative estimate of drug-likeness (QED) is 0.862. The van der Waals surface area contributed by atoms with Crippen LogP contribution < -0.4 is 15.8 Å². The van der Waals surface area contributed by atoms with E-state index in [1.165, 1.54) is 0 Å². The van der Waals surface area contributed by atoms with E-state index in [0.29, 0.717) is 12.1 Å². The van der Waals surface area contributed by atoms with E-state index in [9.17, 15) is 4.79 Å². The average Bonchev–Trinajstić information content (AvgIpc) is 2.52. The second-order valence-corrected chi connectivity index (χ2v) is 5.42. The molecule has 0 aliphatic heterocycles. The van der Waals surface area contributed by atoms with Crippen LogP contribution in [0.3, 0.4) is 0 Å². The molecule has 0 saturated heterocycles. The molecule has 5 nitrogen and oxygen atoms in total. The van der Waals surface area contributed by atoms with Crippen molar-refractivity contribution in [1.82, 2.24) is 5.32 Å². The van der Waals surface area contributed by atoms with Gasteiger partial charge in [-0.25, -0.2) is 0 Å². The van der Waals surface area contributed by atoms with Gasteiger partial charge in [0.25, 0.3) is 0 Å². The van der Waals surface area contributed by atoms with E-state index in [2.05, 4.69) is 11.4 Å². The van der Waals surface area contributed by atoms with Crippen molar-refractivity contribution < 1.29 is 9.53 Å². The van der Waals surface area contributed by atoms with Crippen LogP contribution in [-0.4, -0.2) is 19.1 Å². The summed E-state index contributed by atoms with van der Waals surface area (Å²) in [6.45, 7) is 0.563. The zero-order valence-corrected chi connectivity index (χ0v) is 12.3. The minimum absolute atomic E-state index is 0.103. The van der Waals surface area contributed by atoms with Crippen LogP contribution >= 0.6 is 0 Å². The molecule has 3 N–H and O–H groups in total. The van der Waals surface area contributed by atoms with Crippen molar-refractivity contribution in [1.29, 1.82) is 5.26 Å². The van der Waals surface area contributed by atoms with Gasteiger partial charge in [-0.1, -0.05) is 12.8 Å². The highest BCUT2D eigenvalue weighted by Gasteiger charge is 2.28. The van der Waals surface area contributed by atoms with Gasteiger partial charge in [0.15, 0.2) is 0 Å². The van der Waals surface area contributed by atoms with Crippen molar-refractivity contribution in [2.45, 2.75) is 38.3 Å². The van der Waals surface area contributed by atoms with Crippen LogP contribution in [0.4, 0.5) is 0 Å². The molecule has 1 aliphatic carbocycles. The minimum atomic E-state index is -0.232. The number of rotatable bonds is 5. The van der Waals surface area contributed by atoms with Crippen LogP contribution in [0.5, 0.6) is 5.75 Å². The molecular weight excluding hydrogens is 266 g/mol. The largest absolute Gasteiger partial charge is 0.496 e. The summed E-state index contributed by atoms with van der Waals surface area (Å²) in [5.74, 6) is 0.404. The van der Waals surface area contributed by atoms with Crippen molar-refractivity contribution in [2.75, 3.05) is 7.11 Å². The monoisotopic (exact) mass is 287 g/mol. The SMILES string of the molecule is COc1ccc(C#N)cc1CN[C@@H]1CCCC[C@H]1C(N)=O. The molecule has 1 fully saturated rings. The van der Waals surface area contributed by atoms with E-state index in [1.54, 1.807) is 19.2 Å². The number of hydrogen-bond donors (Lipinski definition) is 2. The Morgan fingerprint density at radius 3 is 2.90 bits per heavy atom. The predicted octanol–water partition coefficient (Wildman–Crippen LogP) is 1.70. The predicted molar refractivity (Wildman–Crippen MR) is 79.5 cm³/mol. The summed E-state index contributed by atoms with van der Waals surface area (Å²) in [4.78, 5) is 11.5. The molecule has 1 aliphatic rings. The summed E-state index contributed by atoms with van der Waals surface area (Å²) < 4.78 is 5.32. The number of hydrogen-bond acceptors (Lipinski definition) is 4. The van der Waals surface area contributed by atoms with E-state index in [4.69, 9.17) is 15.7 Å². The molecule has 0 bridgehead atoms. The van der Waals surface area contributed by atoms with Gasteiger partial charge in [0.05, 0.1) is 24.7 Å². The van der Waals surface area contributed by atoms with Gasteiger partial charge >= 0.3 is 0 Å². The van der Waals surface area contributed by atoms with E-state index in [0.717, 1.165) is 37.0 Å². The van der Waals surface area contributed by atoms with Gasteiger partial charge in [-0.15, -0.1) is 0 Å². The molecule has 2 rings (SSSR count). The van der Waals surface area contributed by atoms with E-state index in [-0.39, 0.29) is 17.9 Å². The molecule has 112 valence electrons. The summed E-state index contributed by atoms with van der Waals surface area (Å²) in [5, 5.41) is 12.4. The van der Waals surface area contributed by atoms with Gasteiger partial charge in [-0.2, -0.15) is 5.26 Å². The highest BCUT2D eigenvalue weighted by Crippen LogP contribution is 2.26. The molecule has 0 radical (unpaired) electrons. The number of benzene rings is 1. The Labute approximate surface area is 125 Å². The van der Waals surface area contributed by atoms with Crippen molar-refractivity contribution in [3.05, 3.63) is 29.3 Å². The molecule has 0 aromatic heterocycles. The number of ether oxygens (including phenoxy) is 1. The molecule has 0 unspecified atom stereocenters. The van der Waals surface area contributed by atoms with Gasteiger partial charge in [0.1, 0.15) is 5.75 Å². The molecule has 21 heavy (non-hydrogen) atoms. The van der Waals surface area contributed by atoms with E-state index < -0.39 is 0 Å². The summed E-state index contributed by atoms with van der Waals surface area (Å²) in [6.07, 6.45) is 3.96. The van der Waals surface area contributed by atoms with Crippen molar-refractivity contribution in [3.8, 4) is 11.8 Å². The first-order chi connectivity index (χ1) is 10.2. The van der Waals surface area contributed by atoms with Crippen LogP contribution in [0.25, 0.3) is 0 Å². The third-order valence-electron chi connectivity index (χ3n) is 4.10. The van der Waals surface area contributed by atoms with Crippen LogP contribution in [0.15, 0.2) is 18.2 Å². The van der Waals surface area contributed by atoms with Gasteiger partial charge in [0.2, 0.25) is 5.91 Å². The Balaban J connectivity index is 2.08. The van der Waals surface area contributed by atoms with E-state index in [1.807, 2.05) is 6.07 Å². The summed E-state index contributed by atoms with van der Waals surface area (Å²) in [6, 6.07) is 7.57. The molecule has 0 spiro atoms. The lowest BCUT2D eigenvalue weighted by Crippen LogP contribution is -2.44. The lowest BCUT2D eigenvalue weighted by Gasteiger charge is -2.30. The lowest BCUT2D eigenvalue weighted by atomic mass is 9.84. The standard InChI is InChI=1S/C16H21N3O2/c1-21-15-7-6-11(9-17)8-12(15)10-19-14-5-3-2-4-13(14)16(18)20/h6-8,13-14,19H,2-5,10H2,1H3,(H2,18,20)/t13-,14-/m1/s1. The molecule has 5 heteroatoms. The maximum atomic E-state index is 11.5. The molecule has 1 aromatic carbocycles.